The SMILES string of the molecule is Cc1cc(C)c2oc(-c3ccc(NC(=S)NC(=O)c4ccccc4)cc3O)nc2c1. The zero-order valence-corrected chi connectivity index (χ0v) is 17.2. The van der Waals surface area contributed by atoms with Gasteiger partial charge in [0.25, 0.3) is 5.91 Å². The van der Waals surface area contributed by atoms with Gasteiger partial charge in [0.2, 0.25) is 5.89 Å². The molecule has 6 nitrogen and oxygen atoms in total. The van der Waals surface area contributed by atoms with E-state index < -0.39 is 0 Å². The molecule has 0 unspecified atom stereocenters. The number of carbonyl (C=O) groups is 1. The number of benzene rings is 3. The molecule has 0 radical (unpaired) electrons. The highest BCUT2D eigenvalue weighted by Gasteiger charge is 2.15. The molecule has 0 fully saturated rings. The Morgan fingerprint density at radius 1 is 1.07 bits per heavy atom. The summed E-state index contributed by atoms with van der Waals surface area (Å²) in [6, 6.07) is 17.7. The first-order valence-corrected chi connectivity index (χ1v) is 9.70. The number of anilines is 1. The van der Waals surface area contributed by atoms with Crippen molar-refractivity contribution in [1.82, 2.24) is 10.3 Å². The summed E-state index contributed by atoms with van der Waals surface area (Å²) < 4.78 is 5.87. The highest BCUT2D eigenvalue weighted by molar-refractivity contribution is 7.80. The van der Waals surface area contributed by atoms with Crippen LogP contribution in [0.4, 0.5) is 5.69 Å². The van der Waals surface area contributed by atoms with Crippen LogP contribution >= 0.6 is 12.2 Å². The number of aryl methyl sites for hydroxylation is 2. The van der Waals surface area contributed by atoms with Crippen LogP contribution in [0, 0.1) is 13.8 Å². The number of rotatable bonds is 3. The molecule has 0 atom stereocenters. The van der Waals surface area contributed by atoms with Crippen LogP contribution in [0.1, 0.15) is 21.5 Å². The minimum atomic E-state index is -0.314. The number of oxazole rings is 1. The minimum absolute atomic E-state index is 0.0156. The normalized spacial score (nSPS) is 10.7. The number of nitrogens with one attached hydrogen (secondary N) is 2. The van der Waals surface area contributed by atoms with Crippen molar-refractivity contribution < 1.29 is 14.3 Å². The number of phenolic OH excluding ortho intramolecular Hbond substituents is 1. The van der Waals surface area contributed by atoms with Crippen molar-refractivity contribution in [3.05, 3.63) is 77.4 Å². The largest absolute Gasteiger partial charge is 0.507 e. The first-order chi connectivity index (χ1) is 14.4. The average molecular weight is 417 g/mol. The van der Waals surface area contributed by atoms with Crippen LogP contribution in [0.5, 0.6) is 5.75 Å². The zero-order valence-electron chi connectivity index (χ0n) is 16.4. The molecule has 1 aromatic heterocycles. The topological polar surface area (TPSA) is 87.4 Å². The minimum Gasteiger partial charge on any atom is -0.507 e. The van der Waals surface area contributed by atoms with Crippen LogP contribution in [0.3, 0.4) is 0 Å². The molecule has 0 saturated carbocycles. The Labute approximate surface area is 178 Å². The molecule has 150 valence electrons. The lowest BCUT2D eigenvalue weighted by Gasteiger charge is -2.10. The summed E-state index contributed by atoms with van der Waals surface area (Å²) in [7, 11) is 0. The third-order valence-corrected chi connectivity index (χ3v) is 4.77. The fraction of sp³-hybridized carbons (Fsp3) is 0.0870. The molecule has 0 aliphatic heterocycles. The molecule has 4 aromatic rings. The Hall–Kier alpha value is -3.71. The maximum Gasteiger partial charge on any atom is 0.257 e. The predicted molar refractivity (Wildman–Crippen MR) is 121 cm³/mol. The predicted octanol–water partition coefficient (Wildman–Crippen LogP) is 4.94. The lowest BCUT2D eigenvalue weighted by Crippen LogP contribution is -2.34. The van der Waals surface area contributed by atoms with Gasteiger partial charge in [-0.15, -0.1) is 0 Å². The lowest BCUT2D eigenvalue weighted by molar-refractivity contribution is 0.0977. The second kappa shape index (κ2) is 7.96. The van der Waals surface area contributed by atoms with E-state index in [4.69, 9.17) is 16.6 Å². The number of hydrogen-bond acceptors (Lipinski definition) is 5. The number of aromatic nitrogens is 1. The van der Waals surface area contributed by atoms with Crippen molar-refractivity contribution in [2.45, 2.75) is 13.8 Å². The van der Waals surface area contributed by atoms with E-state index in [0.29, 0.717) is 28.3 Å². The maximum absolute atomic E-state index is 12.2. The van der Waals surface area contributed by atoms with Crippen molar-refractivity contribution in [3.8, 4) is 17.2 Å². The Balaban J connectivity index is 1.51. The number of fused-ring (bicyclic) bond motifs is 1. The van der Waals surface area contributed by atoms with Gasteiger partial charge >= 0.3 is 0 Å². The van der Waals surface area contributed by atoms with Gasteiger partial charge in [0, 0.05) is 17.3 Å². The first kappa shape index (κ1) is 19.6. The number of phenols is 1. The Bertz CT molecular complexity index is 1270. The Morgan fingerprint density at radius 3 is 2.57 bits per heavy atom. The number of nitrogens with zero attached hydrogens (tertiary/aromatic N) is 1. The summed E-state index contributed by atoms with van der Waals surface area (Å²) in [5.74, 6) is 0.00639. The van der Waals surface area contributed by atoms with Crippen molar-refractivity contribution in [1.29, 1.82) is 0 Å². The van der Waals surface area contributed by atoms with Gasteiger partial charge in [0.05, 0.1) is 5.56 Å². The summed E-state index contributed by atoms with van der Waals surface area (Å²) in [5, 5.41) is 16.1. The smallest absolute Gasteiger partial charge is 0.257 e. The third-order valence-electron chi connectivity index (χ3n) is 4.57. The van der Waals surface area contributed by atoms with Crippen molar-refractivity contribution in [2.75, 3.05) is 5.32 Å². The van der Waals surface area contributed by atoms with E-state index in [-0.39, 0.29) is 16.8 Å². The molecule has 0 bridgehead atoms. The highest BCUT2D eigenvalue weighted by atomic mass is 32.1. The molecular formula is C23H19N3O3S. The number of aromatic hydroxyl groups is 1. The molecule has 0 aliphatic carbocycles. The van der Waals surface area contributed by atoms with E-state index >= 15 is 0 Å². The molecule has 0 saturated heterocycles. The molecule has 1 amide bonds. The number of carbonyl (C=O) groups excluding carboxylic acids is 1. The van der Waals surface area contributed by atoms with Gasteiger partial charge in [-0.2, -0.15) is 0 Å². The highest BCUT2D eigenvalue weighted by Crippen LogP contribution is 2.34. The molecule has 0 spiro atoms. The standard InChI is InChI=1S/C23H19N3O3S/c1-13-10-14(2)20-18(11-13)25-22(29-20)17-9-8-16(12-19(17)27)24-23(30)26-21(28)15-6-4-3-5-7-15/h3-12,27H,1-2H3,(H2,24,26,28,30). The molecule has 30 heavy (non-hydrogen) atoms. The fourth-order valence-corrected chi connectivity index (χ4v) is 3.42. The Morgan fingerprint density at radius 2 is 1.83 bits per heavy atom. The Kier molecular flexibility index (Phi) is 5.20. The third kappa shape index (κ3) is 4.01. The van der Waals surface area contributed by atoms with Gasteiger partial charge in [0.1, 0.15) is 11.3 Å². The molecule has 1 heterocycles. The van der Waals surface area contributed by atoms with Gasteiger partial charge in [-0.25, -0.2) is 4.98 Å². The monoisotopic (exact) mass is 417 g/mol. The molecule has 7 heteroatoms. The lowest BCUT2D eigenvalue weighted by atomic mass is 10.1. The molecular weight excluding hydrogens is 398 g/mol. The fourth-order valence-electron chi connectivity index (χ4n) is 3.21. The summed E-state index contributed by atoms with van der Waals surface area (Å²) in [4.78, 5) is 16.7. The molecule has 3 N–H and O–H groups in total. The molecule has 0 aliphatic rings. The zero-order chi connectivity index (χ0) is 21.3. The summed E-state index contributed by atoms with van der Waals surface area (Å²) in [6.07, 6.45) is 0. The van der Waals surface area contributed by atoms with E-state index in [1.165, 1.54) is 6.07 Å². The van der Waals surface area contributed by atoms with Crippen LogP contribution in [-0.4, -0.2) is 21.1 Å². The van der Waals surface area contributed by atoms with Crippen LogP contribution in [0.25, 0.3) is 22.6 Å². The van der Waals surface area contributed by atoms with E-state index in [9.17, 15) is 9.90 Å². The second-order valence-electron chi connectivity index (χ2n) is 6.96. The number of amides is 1. The maximum atomic E-state index is 12.2. The number of hydrogen-bond donors (Lipinski definition) is 3. The summed E-state index contributed by atoms with van der Waals surface area (Å²) in [6.45, 7) is 3.96. The van der Waals surface area contributed by atoms with Crippen molar-refractivity contribution >= 4 is 40.0 Å². The quantitative estimate of drug-likeness (QED) is 0.409. The van der Waals surface area contributed by atoms with Crippen LogP contribution in [-0.2, 0) is 0 Å². The average Bonchev–Trinajstić information content (AvgIpc) is 3.12. The van der Waals surface area contributed by atoms with Gasteiger partial charge < -0.3 is 14.8 Å². The summed E-state index contributed by atoms with van der Waals surface area (Å²) >= 11 is 5.20. The van der Waals surface area contributed by atoms with Crippen LogP contribution in [0.2, 0.25) is 0 Å². The van der Waals surface area contributed by atoms with Crippen molar-refractivity contribution in [2.24, 2.45) is 0 Å². The van der Waals surface area contributed by atoms with E-state index in [2.05, 4.69) is 15.6 Å². The van der Waals surface area contributed by atoms with Gasteiger partial charge in [-0.3, -0.25) is 10.1 Å². The summed E-state index contributed by atoms with van der Waals surface area (Å²) in [5.41, 5.74) is 5.01. The van der Waals surface area contributed by atoms with Gasteiger partial charge in [0.15, 0.2) is 10.7 Å². The molecule has 3 aromatic carbocycles. The van der Waals surface area contributed by atoms with Gasteiger partial charge in [-0.05, 0) is 67.5 Å². The second-order valence-corrected chi connectivity index (χ2v) is 7.36. The molecule has 4 rings (SSSR count). The van der Waals surface area contributed by atoms with Gasteiger partial charge in [-0.1, -0.05) is 24.3 Å². The number of thiocarbonyl (C=S) groups is 1. The van der Waals surface area contributed by atoms with Crippen LogP contribution < -0.4 is 10.6 Å². The van der Waals surface area contributed by atoms with Crippen molar-refractivity contribution in [3.63, 3.8) is 0 Å². The van der Waals surface area contributed by atoms with E-state index in [1.54, 1.807) is 36.4 Å². The van der Waals surface area contributed by atoms with E-state index in [1.807, 2.05) is 32.0 Å². The van der Waals surface area contributed by atoms with E-state index in [0.717, 1.165) is 16.6 Å². The van der Waals surface area contributed by atoms with Crippen LogP contribution in [0.15, 0.2) is 65.1 Å². The first-order valence-electron chi connectivity index (χ1n) is 9.29.